The molecule has 0 spiro atoms. The molecular weight excluding hydrogens is 210 g/mol. The van der Waals surface area contributed by atoms with Crippen LogP contribution in [0.25, 0.3) is 0 Å². The monoisotopic (exact) mass is 215 g/mol. The van der Waals surface area contributed by atoms with Crippen LogP contribution in [0, 0.1) is 0 Å². The van der Waals surface area contributed by atoms with Crippen LogP contribution in [0.2, 0.25) is 0 Å². The van der Waals surface area contributed by atoms with Gasteiger partial charge in [-0.3, -0.25) is 0 Å². The Labute approximate surface area is 56.4 Å². The third-order valence-electron chi connectivity index (χ3n) is 0.732. The first-order valence-corrected chi connectivity index (χ1v) is 2.66. The zero-order valence-electron chi connectivity index (χ0n) is 3.28. The summed E-state index contributed by atoms with van der Waals surface area (Å²) in [4.78, 5) is 0.766. The highest BCUT2D eigenvalue weighted by atomic mass is 79.9. The molecule has 38 valence electrons. The lowest BCUT2D eigenvalue weighted by molar-refractivity contribution is 0.551. The molecule has 0 amide bonds. The minimum absolute atomic E-state index is 0. The predicted octanol–water partition coefficient (Wildman–Crippen LogP) is 0.931. The van der Waals surface area contributed by atoms with Crippen LogP contribution in [0.15, 0.2) is 0 Å². The fourth-order valence-corrected chi connectivity index (χ4v) is 0.711. The summed E-state index contributed by atoms with van der Waals surface area (Å²) in [6.07, 6.45) is 0. The Morgan fingerprint density at radius 2 is 1.83 bits per heavy atom. The molecule has 0 atom stereocenters. The second kappa shape index (κ2) is 2.99. The Morgan fingerprint density at radius 3 is 1.83 bits per heavy atom. The summed E-state index contributed by atoms with van der Waals surface area (Å²) >= 11 is 3.40. The summed E-state index contributed by atoms with van der Waals surface area (Å²) in [5.74, 6) is 0. The molecular formula is C3H7Br2N. The smallest absolute Gasteiger partial charge is 0.0395 e. The molecule has 1 nitrogen and oxygen atoms in total. The molecule has 6 heavy (non-hydrogen) atoms. The average Bonchev–Trinajstić information content (AvgIpc) is 1.30. The van der Waals surface area contributed by atoms with Crippen molar-refractivity contribution in [1.82, 2.24) is 5.32 Å². The van der Waals surface area contributed by atoms with Gasteiger partial charge in [-0.05, 0) is 0 Å². The van der Waals surface area contributed by atoms with Gasteiger partial charge in [0, 0.05) is 17.9 Å². The molecule has 1 aliphatic heterocycles. The minimum Gasteiger partial charge on any atom is -0.314 e. The molecule has 1 rings (SSSR count). The highest BCUT2D eigenvalue weighted by Crippen LogP contribution is 2.01. The van der Waals surface area contributed by atoms with Gasteiger partial charge in [-0.2, -0.15) is 0 Å². The Balaban J connectivity index is 0.000000250. The van der Waals surface area contributed by atoms with Crippen molar-refractivity contribution < 1.29 is 0 Å². The molecule has 0 saturated carbocycles. The zero-order chi connectivity index (χ0) is 3.70. The van der Waals surface area contributed by atoms with E-state index >= 15 is 0 Å². The molecule has 0 unspecified atom stereocenters. The van der Waals surface area contributed by atoms with E-state index in [2.05, 4.69) is 21.2 Å². The number of alkyl halides is 1. The Morgan fingerprint density at radius 1 is 1.50 bits per heavy atom. The standard InChI is InChI=1S/C3H6BrN.BrH/c4-3-1-5-2-3;/h3,5H,1-2H2;1H. The van der Waals surface area contributed by atoms with E-state index in [1.54, 1.807) is 0 Å². The summed E-state index contributed by atoms with van der Waals surface area (Å²) in [7, 11) is 0. The maximum Gasteiger partial charge on any atom is 0.0395 e. The van der Waals surface area contributed by atoms with Crippen LogP contribution in [0.1, 0.15) is 0 Å². The van der Waals surface area contributed by atoms with Gasteiger partial charge in [0.15, 0.2) is 0 Å². The molecule has 0 bridgehead atoms. The van der Waals surface area contributed by atoms with Crippen molar-refractivity contribution in [2.24, 2.45) is 0 Å². The lowest BCUT2D eigenvalue weighted by Crippen LogP contribution is -2.42. The maximum atomic E-state index is 3.40. The van der Waals surface area contributed by atoms with Gasteiger partial charge in [-0.15, -0.1) is 17.0 Å². The van der Waals surface area contributed by atoms with Crippen LogP contribution in [0.4, 0.5) is 0 Å². The number of rotatable bonds is 0. The first-order valence-electron chi connectivity index (χ1n) is 1.74. The van der Waals surface area contributed by atoms with Gasteiger partial charge < -0.3 is 5.32 Å². The first kappa shape index (κ1) is 6.92. The molecule has 1 N–H and O–H groups in total. The van der Waals surface area contributed by atoms with Crippen LogP contribution >= 0.6 is 32.9 Å². The summed E-state index contributed by atoms with van der Waals surface area (Å²) in [5, 5.41) is 3.11. The molecule has 0 aromatic carbocycles. The van der Waals surface area contributed by atoms with E-state index in [4.69, 9.17) is 0 Å². The third-order valence-corrected chi connectivity index (χ3v) is 1.38. The lowest BCUT2D eigenvalue weighted by atomic mass is 10.3. The van der Waals surface area contributed by atoms with E-state index in [9.17, 15) is 0 Å². The number of nitrogens with one attached hydrogen (secondary N) is 1. The van der Waals surface area contributed by atoms with E-state index in [-0.39, 0.29) is 17.0 Å². The number of halogens is 2. The van der Waals surface area contributed by atoms with E-state index in [1.807, 2.05) is 0 Å². The molecule has 0 aliphatic carbocycles. The number of hydrogen-bond acceptors (Lipinski definition) is 1. The molecule has 0 radical (unpaired) electrons. The highest BCUT2D eigenvalue weighted by molar-refractivity contribution is 9.09. The van der Waals surface area contributed by atoms with E-state index < -0.39 is 0 Å². The topological polar surface area (TPSA) is 12.0 Å². The van der Waals surface area contributed by atoms with Crippen LogP contribution in [-0.4, -0.2) is 17.9 Å². The van der Waals surface area contributed by atoms with E-state index in [0.717, 1.165) is 17.9 Å². The van der Waals surface area contributed by atoms with Gasteiger partial charge in [0.05, 0.1) is 0 Å². The van der Waals surface area contributed by atoms with Gasteiger partial charge >= 0.3 is 0 Å². The minimum atomic E-state index is 0. The largest absolute Gasteiger partial charge is 0.314 e. The average molecular weight is 217 g/mol. The molecule has 1 heterocycles. The van der Waals surface area contributed by atoms with Crippen LogP contribution in [0.5, 0.6) is 0 Å². The lowest BCUT2D eigenvalue weighted by Gasteiger charge is -2.19. The normalized spacial score (nSPS) is 21.5. The molecule has 1 aliphatic rings. The SMILES string of the molecule is Br.BrC1CNC1. The fraction of sp³-hybridized carbons (Fsp3) is 1.00. The van der Waals surface area contributed by atoms with Crippen molar-refractivity contribution in [3.05, 3.63) is 0 Å². The van der Waals surface area contributed by atoms with Gasteiger partial charge in [0.1, 0.15) is 0 Å². The van der Waals surface area contributed by atoms with Gasteiger partial charge in [0.2, 0.25) is 0 Å². The maximum absolute atomic E-state index is 3.40. The molecule has 1 saturated heterocycles. The summed E-state index contributed by atoms with van der Waals surface area (Å²) < 4.78 is 0. The van der Waals surface area contributed by atoms with Crippen molar-refractivity contribution in [3.8, 4) is 0 Å². The summed E-state index contributed by atoms with van der Waals surface area (Å²) in [6, 6.07) is 0. The molecule has 3 heteroatoms. The molecule has 0 aromatic rings. The first-order chi connectivity index (χ1) is 2.39. The fourth-order valence-electron chi connectivity index (χ4n) is 0.253. The quantitative estimate of drug-likeness (QED) is 0.595. The van der Waals surface area contributed by atoms with Crippen molar-refractivity contribution in [2.75, 3.05) is 13.1 Å². The third kappa shape index (κ3) is 1.58. The van der Waals surface area contributed by atoms with Crippen LogP contribution in [-0.2, 0) is 0 Å². The second-order valence-electron chi connectivity index (χ2n) is 1.26. The second-order valence-corrected chi connectivity index (χ2v) is 2.55. The van der Waals surface area contributed by atoms with Gasteiger partial charge in [0.25, 0.3) is 0 Å². The van der Waals surface area contributed by atoms with E-state index in [1.165, 1.54) is 0 Å². The van der Waals surface area contributed by atoms with Gasteiger partial charge in [-0.25, -0.2) is 0 Å². The summed E-state index contributed by atoms with van der Waals surface area (Å²) in [5.41, 5.74) is 0. The Bertz CT molecular complexity index is 35.8. The Kier molecular flexibility index (Phi) is 3.45. The van der Waals surface area contributed by atoms with Crippen LogP contribution in [0.3, 0.4) is 0 Å². The highest BCUT2D eigenvalue weighted by Gasteiger charge is 2.10. The van der Waals surface area contributed by atoms with Crippen molar-refractivity contribution >= 4 is 32.9 Å². The molecule has 0 aromatic heterocycles. The summed E-state index contributed by atoms with van der Waals surface area (Å²) in [6.45, 7) is 2.31. The predicted molar refractivity (Wildman–Crippen MR) is 35.9 cm³/mol. The van der Waals surface area contributed by atoms with Crippen LogP contribution < -0.4 is 5.32 Å². The Hall–Kier alpha value is 0.920. The van der Waals surface area contributed by atoms with Crippen molar-refractivity contribution in [3.63, 3.8) is 0 Å². The van der Waals surface area contributed by atoms with E-state index in [0.29, 0.717) is 0 Å². The van der Waals surface area contributed by atoms with Gasteiger partial charge in [-0.1, -0.05) is 15.9 Å². The number of hydrogen-bond donors (Lipinski definition) is 1. The van der Waals surface area contributed by atoms with Crippen molar-refractivity contribution in [1.29, 1.82) is 0 Å². The van der Waals surface area contributed by atoms with Crippen molar-refractivity contribution in [2.45, 2.75) is 4.83 Å². The zero-order valence-corrected chi connectivity index (χ0v) is 6.58. The molecule has 1 fully saturated rings.